The summed E-state index contributed by atoms with van der Waals surface area (Å²) in [6, 6.07) is 12.5. The monoisotopic (exact) mass is 350 g/mol. The lowest BCUT2D eigenvalue weighted by Crippen LogP contribution is -1.97. The second-order valence-corrected chi connectivity index (χ2v) is 5.49. The van der Waals surface area contributed by atoms with Crippen LogP contribution in [-0.4, -0.2) is 15.3 Å². The molecule has 1 N–H and O–H groups in total. The molecule has 1 heterocycles. The Kier molecular flexibility index (Phi) is 4.81. The molecule has 2 aromatic carbocycles. The SMILES string of the molecule is OCc1nnc(-c2ccc(OCc3c(Cl)cccc3Cl)cc2)o1. The summed E-state index contributed by atoms with van der Waals surface area (Å²) in [6.45, 7) is -0.0140. The van der Waals surface area contributed by atoms with Crippen molar-refractivity contribution in [2.75, 3.05) is 0 Å². The number of halogens is 2. The summed E-state index contributed by atoms with van der Waals surface area (Å²) < 4.78 is 11.0. The van der Waals surface area contributed by atoms with Gasteiger partial charge < -0.3 is 14.3 Å². The second kappa shape index (κ2) is 7.00. The number of aliphatic hydroxyl groups is 1. The fourth-order valence-corrected chi connectivity index (χ4v) is 2.46. The average Bonchev–Trinajstić information content (AvgIpc) is 3.04. The van der Waals surface area contributed by atoms with Gasteiger partial charge in [0.15, 0.2) is 0 Å². The van der Waals surface area contributed by atoms with Crippen molar-refractivity contribution in [3.05, 3.63) is 64.0 Å². The summed E-state index contributed by atoms with van der Waals surface area (Å²) in [6.07, 6.45) is 0. The highest BCUT2D eigenvalue weighted by Gasteiger charge is 2.09. The van der Waals surface area contributed by atoms with E-state index in [2.05, 4.69) is 10.2 Å². The standard InChI is InChI=1S/C16H12Cl2N2O3/c17-13-2-1-3-14(18)12(13)9-22-11-6-4-10(5-7-11)16-20-19-15(8-21)23-16/h1-7,21H,8-9H2. The Balaban J connectivity index is 1.70. The van der Waals surface area contributed by atoms with Crippen LogP contribution in [0.15, 0.2) is 46.9 Å². The molecule has 0 bridgehead atoms. The maximum absolute atomic E-state index is 8.93. The zero-order valence-corrected chi connectivity index (χ0v) is 13.4. The lowest BCUT2D eigenvalue weighted by Gasteiger charge is -2.09. The van der Waals surface area contributed by atoms with E-state index in [1.165, 1.54) is 0 Å². The number of ether oxygens (including phenoxy) is 1. The molecule has 0 saturated carbocycles. The van der Waals surface area contributed by atoms with Crippen LogP contribution < -0.4 is 4.74 Å². The summed E-state index contributed by atoms with van der Waals surface area (Å²) in [7, 11) is 0. The second-order valence-electron chi connectivity index (χ2n) is 4.67. The molecule has 3 rings (SSSR count). The van der Waals surface area contributed by atoms with Crippen molar-refractivity contribution in [1.29, 1.82) is 0 Å². The van der Waals surface area contributed by atoms with Gasteiger partial charge in [-0.2, -0.15) is 0 Å². The van der Waals surface area contributed by atoms with Crippen LogP contribution in [0, 0.1) is 0 Å². The van der Waals surface area contributed by atoms with Gasteiger partial charge in [-0.15, -0.1) is 10.2 Å². The Morgan fingerprint density at radius 2 is 1.70 bits per heavy atom. The van der Waals surface area contributed by atoms with Crippen LogP contribution in [0.4, 0.5) is 0 Å². The lowest BCUT2D eigenvalue weighted by molar-refractivity contribution is 0.241. The molecule has 0 spiro atoms. The summed E-state index contributed by atoms with van der Waals surface area (Å²) in [5.41, 5.74) is 1.48. The molecule has 0 radical (unpaired) electrons. The van der Waals surface area contributed by atoms with Crippen LogP contribution in [-0.2, 0) is 13.2 Å². The van der Waals surface area contributed by atoms with Gasteiger partial charge in [0.1, 0.15) is 19.0 Å². The Morgan fingerprint density at radius 3 is 2.30 bits per heavy atom. The smallest absolute Gasteiger partial charge is 0.247 e. The Morgan fingerprint density at radius 1 is 1.00 bits per heavy atom. The van der Waals surface area contributed by atoms with Gasteiger partial charge in [0.25, 0.3) is 0 Å². The molecular weight excluding hydrogens is 339 g/mol. The third-order valence-electron chi connectivity index (χ3n) is 3.15. The van der Waals surface area contributed by atoms with E-state index in [4.69, 9.17) is 37.5 Å². The quantitative estimate of drug-likeness (QED) is 0.749. The third-order valence-corrected chi connectivity index (χ3v) is 3.86. The van der Waals surface area contributed by atoms with E-state index in [1.54, 1.807) is 42.5 Å². The minimum absolute atomic E-state index is 0.175. The highest BCUT2D eigenvalue weighted by molar-refractivity contribution is 6.35. The van der Waals surface area contributed by atoms with Crippen molar-refractivity contribution in [1.82, 2.24) is 10.2 Å². The van der Waals surface area contributed by atoms with E-state index in [1.807, 2.05) is 0 Å². The molecule has 1 aromatic heterocycles. The number of hydrogen-bond acceptors (Lipinski definition) is 5. The molecule has 0 aliphatic carbocycles. The lowest BCUT2D eigenvalue weighted by atomic mass is 10.2. The number of aromatic nitrogens is 2. The number of aliphatic hydroxyl groups excluding tert-OH is 1. The molecule has 0 fully saturated rings. The maximum Gasteiger partial charge on any atom is 0.247 e. The largest absolute Gasteiger partial charge is 0.489 e. The van der Waals surface area contributed by atoms with E-state index in [0.717, 1.165) is 11.1 Å². The summed E-state index contributed by atoms with van der Waals surface area (Å²) in [5, 5.41) is 17.6. The van der Waals surface area contributed by atoms with Crippen LogP contribution in [0.25, 0.3) is 11.5 Å². The van der Waals surface area contributed by atoms with E-state index in [-0.39, 0.29) is 19.1 Å². The Bertz CT molecular complexity index is 783. The summed E-state index contributed by atoms with van der Waals surface area (Å²) in [5.74, 6) is 1.18. The Labute approximate surface area is 142 Å². The first kappa shape index (κ1) is 15.8. The molecule has 0 saturated heterocycles. The Hall–Kier alpha value is -2.08. The van der Waals surface area contributed by atoms with Crippen LogP contribution in [0.5, 0.6) is 5.75 Å². The predicted molar refractivity (Wildman–Crippen MR) is 86.5 cm³/mol. The van der Waals surface area contributed by atoms with E-state index < -0.39 is 0 Å². The number of benzene rings is 2. The molecule has 0 aliphatic rings. The summed E-state index contributed by atoms with van der Waals surface area (Å²) in [4.78, 5) is 0. The fraction of sp³-hybridized carbons (Fsp3) is 0.125. The van der Waals surface area contributed by atoms with Gasteiger partial charge in [-0.3, -0.25) is 0 Å². The maximum atomic E-state index is 8.93. The van der Waals surface area contributed by atoms with Crippen molar-refractivity contribution in [2.45, 2.75) is 13.2 Å². The molecule has 7 heteroatoms. The predicted octanol–water partition coefficient (Wildman–Crippen LogP) is 4.11. The number of hydrogen-bond donors (Lipinski definition) is 1. The number of nitrogens with zero attached hydrogens (tertiary/aromatic N) is 2. The van der Waals surface area contributed by atoms with E-state index >= 15 is 0 Å². The van der Waals surface area contributed by atoms with Gasteiger partial charge in [-0.25, -0.2) is 0 Å². The van der Waals surface area contributed by atoms with Crippen molar-refractivity contribution in [3.8, 4) is 17.2 Å². The molecule has 0 unspecified atom stereocenters. The van der Waals surface area contributed by atoms with Crippen LogP contribution >= 0.6 is 23.2 Å². The molecule has 0 amide bonds. The van der Waals surface area contributed by atoms with Crippen LogP contribution in [0.3, 0.4) is 0 Å². The van der Waals surface area contributed by atoms with Crippen LogP contribution in [0.1, 0.15) is 11.5 Å². The van der Waals surface area contributed by atoms with Crippen molar-refractivity contribution < 1.29 is 14.3 Å². The highest BCUT2D eigenvalue weighted by atomic mass is 35.5. The molecule has 3 aromatic rings. The highest BCUT2D eigenvalue weighted by Crippen LogP contribution is 2.27. The normalized spacial score (nSPS) is 10.7. The molecule has 118 valence electrons. The first-order chi connectivity index (χ1) is 11.2. The molecule has 23 heavy (non-hydrogen) atoms. The zero-order valence-electron chi connectivity index (χ0n) is 11.9. The molecule has 0 aliphatic heterocycles. The van der Waals surface area contributed by atoms with Gasteiger partial charge in [-0.1, -0.05) is 29.3 Å². The number of rotatable bonds is 5. The third kappa shape index (κ3) is 3.64. The van der Waals surface area contributed by atoms with Crippen LogP contribution in [0.2, 0.25) is 10.0 Å². The minimum Gasteiger partial charge on any atom is -0.489 e. The van der Waals surface area contributed by atoms with E-state index in [0.29, 0.717) is 21.7 Å². The van der Waals surface area contributed by atoms with E-state index in [9.17, 15) is 0 Å². The topological polar surface area (TPSA) is 68.4 Å². The van der Waals surface area contributed by atoms with Gasteiger partial charge in [0.2, 0.25) is 11.8 Å². The zero-order chi connectivity index (χ0) is 16.2. The van der Waals surface area contributed by atoms with Crippen molar-refractivity contribution >= 4 is 23.2 Å². The van der Waals surface area contributed by atoms with Crippen molar-refractivity contribution in [2.24, 2.45) is 0 Å². The molecule has 0 atom stereocenters. The van der Waals surface area contributed by atoms with Gasteiger partial charge >= 0.3 is 0 Å². The molecular formula is C16H12Cl2N2O3. The summed E-state index contributed by atoms with van der Waals surface area (Å²) >= 11 is 12.2. The van der Waals surface area contributed by atoms with Gasteiger partial charge in [0.05, 0.1) is 0 Å². The van der Waals surface area contributed by atoms with Gasteiger partial charge in [-0.05, 0) is 36.4 Å². The first-order valence-electron chi connectivity index (χ1n) is 6.76. The molecule has 5 nitrogen and oxygen atoms in total. The minimum atomic E-state index is -0.285. The van der Waals surface area contributed by atoms with Crippen molar-refractivity contribution in [3.63, 3.8) is 0 Å². The first-order valence-corrected chi connectivity index (χ1v) is 7.52. The van der Waals surface area contributed by atoms with Gasteiger partial charge in [0, 0.05) is 21.2 Å². The average molecular weight is 351 g/mol. The fourth-order valence-electron chi connectivity index (χ4n) is 1.95.